The number of nitrogens with two attached hydrogens (primary N) is 1. The monoisotopic (exact) mass is 246 g/mol. The molecule has 0 saturated carbocycles. The van der Waals surface area contributed by atoms with Gasteiger partial charge in [-0.25, -0.2) is 0 Å². The third-order valence-corrected chi connectivity index (χ3v) is 3.41. The smallest absolute Gasteiger partial charge is 0.240 e. The van der Waals surface area contributed by atoms with E-state index in [-0.39, 0.29) is 17.7 Å². The maximum Gasteiger partial charge on any atom is 0.240 e. The molecule has 96 valence electrons. The van der Waals surface area contributed by atoms with E-state index in [0.717, 1.165) is 12.1 Å². The molecule has 1 unspecified atom stereocenters. The molecule has 0 aliphatic carbocycles. The summed E-state index contributed by atoms with van der Waals surface area (Å²) in [6, 6.07) is 7.12. The van der Waals surface area contributed by atoms with Crippen molar-refractivity contribution < 1.29 is 9.59 Å². The molecule has 1 heterocycles. The van der Waals surface area contributed by atoms with Crippen molar-refractivity contribution in [1.82, 2.24) is 0 Å². The van der Waals surface area contributed by atoms with Crippen LogP contribution >= 0.6 is 0 Å². The molecule has 1 aromatic carbocycles. The first-order valence-corrected chi connectivity index (χ1v) is 6.33. The number of amides is 1. The summed E-state index contributed by atoms with van der Waals surface area (Å²) in [5.74, 6) is -0.186. The minimum Gasteiger partial charge on any atom is -0.368 e. The fourth-order valence-corrected chi connectivity index (χ4v) is 2.52. The number of Topliss-reactive ketones (excluding diaryl/α,β-unsaturated/α-hetero) is 1. The van der Waals surface area contributed by atoms with Crippen LogP contribution in [-0.2, 0) is 4.79 Å². The lowest BCUT2D eigenvalue weighted by atomic mass is 10.1. The number of carbonyl (C=O) groups excluding carboxylic acids is 2. The number of rotatable bonds is 3. The number of carbonyl (C=O) groups is 2. The van der Waals surface area contributed by atoms with Crippen LogP contribution in [0.15, 0.2) is 24.3 Å². The minimum absolute atomic E-state index is 0.146. The van der Waals surface area contributed by atoms with Crippen molar-refractivity contribution in [2.75, 3.05) is 11.4 Å². The molecule has 0 saturated heterocycles. The van der Waals surface area contributed by atoms with Crippen molar-refractivity contribution in [3.8, 4) is 0 Å². The summed E-state index contributed by atoms with van der Waals surface area (Å²) >= 11 is 0. The van der Waals surface area contributed by atoms with Crippen LogP contribution in [0.3, 0.4) is 0 Å². The quantitative estimate of drug-likeness (QED) is 0.883. The van der Waals surface area contributed by atoms with Crippen molar-refractivity contribution in [1.29, 1.82) is 0 Å². The summed E-state index contributed by atoms with van der Waals surface area (Å²) < 4.78 is 0. The average molecular weight is 246 g/mol. The molecule has 4 nitrogen and oxygen atoms in total. The van der Waals surface area contributed by atoms with E-state index in [1.807, 2.05) is 36.1 Å². The number of para-hydroxylation sites is 1. The molecule has 2 N–H and O–H groups in total. The van der Waals surface area contributed by atoms with Gasteiger partial charge in [-0.1, -0.05) is 19.1 Å². The van der Waals surface area contributed by atoms with Gasteiger partial charge in [0, 0.05) is 24.2 Å². The van der Waals surface area contributed by atoms with Crippen LogP contribution in [0.4, 0.5) is 5.69 Å². The number of hydrogen-bond acceptors (Lipinski definition) is 3. The zero-order valence-electron chi connectivity index (χ0n) is 10.6. The maximum atomic E-state index is 12.0. The molecule has 1 aliphatic heterocycles. The van der Waals surface area contributed by atoms with E-state index in [1.165, 1.54) is 0 Å². The second-order valence-electron chi connectivity index (χ2n) is 4.56. The third kappa shape index (κ3) is 2.23. The predicted molar refractivity (Wildman–Crippen MR) is 70.6 cm³/mol. The topological polar surface area (TPSA) is 63.4 Å². The third-order valence-electron chi connectivity index (χ3n) is 3.41. The molecule has 0 fully saturated rings. The number of hydrogen-bond donors (Lipinski definition) is 1. The first kappa shape index (κ1) is 12.6. The number of anilines is 1. The molecule has 1 amide bonds. The number of primary amides is 1. The second-order valence-corrected chi connectivity index (χ2v) is 4.56. The standard InChI is InChI=1S/C14H18N2O2/c1-2-11(14(15)18)16-9-5-8-13(17)10-6-3-4-7-12(10)16/h3-4,6-7,11H,2,5,8-9H2,1H3,(H2,15,18). The molecule has 4 heteroatoms. The lowest BCUT2D eigenvalue weighted by molar-refractivity contribution is -0.119. The SMILES string of the molecule is CCC(C(N)=O)N1CCCC(=O)c2ccccc21. The van der Waals surface area contributed by atoms with E-state index in [2.05, 4.69) is 0 Å². The van der Waals surface area contributed by atoms with Gasteiger partial charge in [-0.05, 0) is 25.0 Å². The van der Waals surface area contributed by atoms with Gasteiger partial charge in [-0.15, -0.1) is 0 Å². The van der Waals surface area contributed by atoms with Crippen LogP contribution in [-0.4, -0.2) is 24.3 Å². The van der Waals surface area contributed by atoms with Gasteiger partial charge >= 0.3 is 0 Å². The zero-order chi connectivity index (χ0) is 13.1. The number of fused-ring (bicyclic) bond motifs is 1. The lowest BCUT2D eigenvalue weighted by Crippen LogP contribution is -2.45. The summed E-state index contributed by atoms with van der Waals surface area (Å²) in [5.41, 5.74) is 7.00. The lowest BCUT2D eigenvalue weighted by Gasteiger charge is -2.30. The van der Waals surface area contributed by atoms with E-state index in [4.69, 9.17) is 5.73 Å². The van der Waals surface area contributed by atoms with Crippen LogP contribution in [0.1, 0.15) is 36.5 Å². The largest absolute Gasteiger partial charge is 0.368 e. The Morgan fingerprint density at radius 2 is 2.17 bits per heavy atom. The highest BCUT2D eigenvalue weighted by Crippen LogP contribution is 2.28. The fourth-order valence-electron chi connectivity index (χ4n) is 2.52. The van der Waals surface area contributed by atoms with Gasteiger partial charge in [0.15, 0.2) is 5.78 Å². The Labute approximate surface area is 107 Å². The first-order chi connectivity index (χ1) is 8.65. The van der Waals surface area contributed by atoms with Crippen LogP contribution in [0.2, 0.25) is 0 Å². The van der Waals surface area contributed by atoms with Crippen molar-refractivity contribution in [3.63, 3.8) is 0 Å². The molecule has 1 aromatic rings. The Hall–Kier alpha value is -1.84. The zero-order valence-corrected chi connectivity index (χ0v) is 10.6. The highest BCUT2D eigenvalue weighted by atomic mass is 16.1. The normalized spacial score (nSPS) is 16.9. The van der Waals surface area contributed by atoms with Gasteiger partial charge in [0.1, 0.15) is 6.04 Å². The number of nitrogens with zero attached hydrogens (tertiary/aromatic N) is 1. The van der Waals surface area contributed by atoms with E-state index < -0.39 is 0 Å². The summed E-state index contributed by atoms with van der Waals surface area (Å²) in [7, 11) is 0. The van der Waals surface area contributed by atoms with Crippen LogP contribution in [0.25, 0.3) is 0 Å². The summed E-state index contributed by atoms with van der Waals surface area (Å²) in [5, 5.41) is 0. The van der Waals surface area contributed by atoms with Crippen molar-refractivity contribution in [2.45, 2.75) is 32.2 Å². The molecule has 2 rings (SSSR count). The van der Waals surface area contributed by atoms with Gasteiger partial charge in [-0.2, -0.15) is 0 Å². The van der Waals surface area contributed by atoms with E-state index in [9.17, 15) is 9.59 Å². The first-order valence-electron chi connectivity index (χ1n) is 6.33. The highest BCUT2D eigenvalue weighted by Gasteiger charge is 2.27. The molecule has 0 spiro atoms. The van der Waals surface area contributed by atoms with Crippen LogP contribution in [0, 0.1) is 0 Å². The summed E-state index contributed by atoms with van der Waals surface area (Å²) in [6.45, 7) is 2.63. The predicted octanol–water partition coefficient (Wildman–Crippen LogP) is 1.73. The van der Waals surface area contributed by atoms with Gasteiger partial charge in [0.05, 0.1) is 0 Å². The molecule has 0 aromatic heterocycles. The van der Waals surface area contributed by atoms with Gasteiger partial charge < -0.3 is 10.6 Å². The maximum absolute atomic E-state index is 12.0. The molecule has 0 bridgehead atoms. The Morgan fingerprint density at radius 3 is 2.83 bits per heavy atom. The van der Waals surface area contributed by atoms with Crippen molar-refractivity contribution >= 4 is 17.4 Å². The Bertz CT molecular complexity index is 471. The highest BCUT2D eigenvalue weighted by molar-refractivity contribution is 6.02. The number of ketones is 1. The molecule has 0 radical (unpaired) electrons. The van der Waals surface area contributed by atoms with Crippen LogP contribution in [0.5, 0.6) is 0 Å². The van der Waals surface area contributed by atoms with E-state index >= 15 is 0 Å². The van der Waals surface area contributed by atoms with E-state index in [0.29, 0.717) is 24.9 Å². The molecule has 1 atom stereocenters. The minimum atomic E-state index is -0.336. The van der Waals surface area contributed by atoms with Gasteiger partial charge in [0.25, 0.3) is 0 Å². The van der Waals surface area contributed by atoms with Crippen LogP contribution < -0.4 is 10.6 Å². The van der Waals surface area contributed by atoms with Gasteiger partial charge in [-0.3, -0.25) is 9.59 Å². The van der Waals surface area contributed by atoms with Crippen molar-refractivity contribution in [2.24, 2.45) is 5.73 Å². The summed E-state index contributed by atoms with van der Waals surface area (Å²) in [4.78, 5) is 25.5. The Balaban J connectivity index is 2.45. The number of benzene rings is 1. The molecular formula is C14H18N2O2. The second kappa shape index (κ2) is 5.21. The fraction of sp³-hybridized carbons (Fsp3) is 0.429. The molecule has 1 aliphatic rings. The average Bonchev–Trinajstić information content (AvgIpc) is 2.51. The van der Waals surface area contributed by atoms with Crippen molar-refractivity contribution in [3.05, 3.63) is 29.8 Å². The van der Waals surface area contributed by atoms with E-state index in [1.54, 1.807) is 0 Å². The van der Waals surface area contributed by atoms with Gasteiger partial charge in [0.2, 0.25) is 5.91 Å². The molecule has 18 heavy (non-hydrogen) atoms. The Morgan fingerprint density at radius 1 is 1.44 bits per heavy atom. The Kier molecular flexibility index (Phi) is 3.65. The summed E-state index contributed by atoms with van der Waals surface area (Å²) in [6.07, 6.45) is 1.94. The molecular weight excluding hydrogens is 228 g/mol.